The summed E-state index contributed by atoms with van der Waals surface area (Å²) in [7, 11) is 2.82. The van der Waals surface area contributed by atoms with Crippen LogP contribution in [0.25, 0.3) is 10.4 Å². The van der Waals surface area contributed by atoms with Crippen LogP contribution in [0.2, 0.25) is 0 Å². The van der Waals surface area contributed by atoms with Gasteiger partial charge >= 0.3 is 12.1 Å². The lowest BCUT2D eigenvalue weighted by atomic mass is 9.66. The van der Waals surface area contributed by atoms with Gasteiger partial charge in [0.15, 0.2) is 29.3 Å². The molecule has 4 aliphatic rings. The molecule has 268 valence electrons. The van der Waals surface area contributed by atoms with Crippen molar-refractivity contribution in [2.75, 3.05) is 34.2 Å². The van der Waals surface area contributed by atoms with Gasteiger partial charge in [0.05, 0.1) is 51.6 Å². The highest BCUT2D eigenvalue weighted by atomic mass is 16.7. The smallest absolute Gasteiger partial charge is 0.493 e. The van der Waals surface area contributed by atoms with Gasteiger partial charge in [-0.3, -0.25) is 4.79 Å². The zero-order valence-electron chi connectivity index (χ0n) is 27.6. The summed E-state index contributed by atoms with van der Waals surface area (Å²) >= 11 is 0. The van der Waals surface area contributed by atoms with Gasteiger partial charge in [-0.2, -0.15) is 0 Å². The second-order valence-corrected chi connectivity index (χ2v) is 12.4. The fourth-order valence-electron chi connectivity index (χ4n) is 7.20. The van der Waals surface area contributed by atoms with Gasteiger partial charge in [0.25, 0.3) is 0 Å². The van der Waals surface area contributed by atoms with Crippen molar-refractivity contribution in [2.24, 2.45) is 17.0 Å². The molecule has 0 radical (unpaired) electrons. The lowest BCUT2D eigenvalue weighted by molar-refractivity contribution is -0.259. The molecule has 0 saturated carbocycles. The third-order valence-electron chi connectivity index (χ3n) is 9.56. The van der Waals surface area contributed by atoms with E-state index in [1.54, 1.807) is 24.3 Å². The molecule has 7 rings (SSSR count). The van der Waals surface area contributed by atoms with Crippen molar-refractivity contribution in [1.82, 2.24) is 0 Å². The van der Waals surface area contributed by atoms with Gasteiger partial charge in [0.2, 0.25) is 12.5 Å². The summed E-state index contributed by atoms with van der Waals surface area (Å²) in [5.41, 5.74) is 11.8. The summed E-state index contributed by atoms with van der Waals surface area (Å²) in [5, 5.41) is 24.1. The Morgan fingerprint density at radius 3 is 2.39 bits per heavy atom. The van der Waals surface area contributed by atoms with E-state index in [0.717, 1.165) is 5.56 Å². The maximum Gasteiger partial charge on any atom is 0.514 e. The average Bonchev–Trinajstić information content (AvgIpc) is 3.77. The molecule has 2 fully saturated rings. The number of ether oxygens (including phenoxy) is 9. The lowest BCUT2D eigenvalue weighted by Gasteiger charge is -2.43. The Labute approximate surface area is 291 Å². The topological polar surface area (TPSA) is 206 Å². The molecular weight excluding hydrogens is 670 g/mol. The number of fused-ring (bicyclic) bond motifs is 3. The second-order valence-electron chi connectivity index (χ2n) is 12.4. The van der Waals surface area contributed by atoms with E-state index in [9.17, 15) is 19.8 Å². The molecule has 0 amide bonds. The number of hydrogen-bond acceptors (Lipinski definition) is 14. The summed E-state index contributed by atoms with van der Waals surface area (Å²) < 4.78 is 51.8. The van der Waals surface area contributed by atoms with E-state index in [0.29, 0.717) is 28.2 Å². The summed E-state index contributed by atoms with van der Waals surface area (Å²) in [6.45, 7) is -0.541. The molecule has 0 bridgehead atoms. The van der Waals surface area contributed by atoms with E-state index in [2.05, 4.69) is 10.0 Å². The van der Waals surface area contributed by atoms with E-state index < -0.39 is 67.1 Å². The van der Waals surface area contributed by atoms with Crippen LogP contribution in [0, 0.1) is 11.8 Å². The Morgan fingerprint density at radius 1 is 1.02 bits per heavy atom. The van der Waals surface area contributed by atoms with Crippen LogP contribution >= 0.6 is 0 Å². The minimum Gasteiger partial charge on any atom is -0.493 e. The third-order valence-corrected chi connectivity index (χ3v) is 9.56. The number of carbonyl (C=O) groups excluding carboxylic acids is 2. The van der Waals surface area contributed by atoms with Crippen molar-refractivity contribution < 1.29 is 62.4 Å². The molecule has 3 aromatic rings. The number of methoxy groups -OCH3 is 2. The number of benzene rings is 3. The number of rotatable bonds is 10. The van der Waals surface area contributed by atoms with E-state index in [1.165, 1.54) is 14.2 Å². The molecule has 51 heavy (non-hydrogen) atoms. The first-order valence-electron chi connectivity index (χ1n) is 16.2. The molecule has 1 aliphatic carbocycles. The van der Waals surface area contributed by atoms with Gasteiger partial charge in [-0.25, -0.2) is 4.79 Å². The van der Waals surface area contributed by atoms with Crippen LogP contribution < -0.4 is 23.7 Å². The first-order chi connectivity index (χ1) is 24.8. The Bertz CT molecular complexity index is 1810. The van der Waals surface area contributed by atoms with Crippen LogP contribution in [0.3, 0.4) is 0 Å². The van der Waals surface area contributed by atoms with Gasteiger partial charge in [-0.15, -0.1) is 0 Å². The van der Waals surface area contributed by atoms with Crippen LogP contribution in [0.15, 0.2) is 59.7 Å². The number of nitrogens with zero attached hydrogens (tertiary/aromatic N) is 3. The molecule has 2 N–H and O–H groups in total. The number of esters is 1. The van der Waals surface area contributed by atoms with Gasteiger partial charge in [0.1, 0.15) is 12.7 Å². The highest BCUT2D eigenvalue weighted by molar-refractivity contribution is 5.79. The molecule has 16 nitrogen and oxygen atoms in total. The SMILES string of the molecule is COc1cc([C@@H]2c3cc4c(cc3[C@@H](O[C@@H]3C[C@@H](N=[N+]=[N-])[C@H](O)[C@@H](CO)O3)[C@H]3COC(=O)[C@H]23)OCO4)cc(OC)c1OC(=O)OCc1ccccc1. The van der Waals surface area contributed by atoms with Crippen molar-refractivity contribution >= 4 is 12.1 Å². The van der Waals surface area contributed by atoms with Crippen LogP contribution in [0.4, 0.5) is 4.79 Å². The van der Waals surface area contributed by atoms with Gasteiger partial charge in [-0.1, -0.05) is 35.4 Å². The highest BCUT2D eigenvalue weighted by Gasteiger charge is 2.54. The molecule has 0 unspecified atom stereocenters. The molecule has 0 spiro atoms. The number of aliphatic hydroxyl groups excluding tert-OH is 2. The molecule has 8 atom stereocenters. The second kappa shape index (κ2) is 14.5. The molecular formula is C35H35N3O13. The number of hydrogen-bond donors (Lipinski definition) is 2. The number of aliphatic hydroxyl groups is 2. The minimum atomic E-state index is -1.24. The number of azide groups is 1. The largest absolute Gasteiger partial charge is 0.514 e. The number of cyclic esters (lactones) is 1. The normalized spacial score (nSPS) is 27.3. The molecule has 2 saturated heterocycles. The Hall–Kier alpha value is -5.25. The van der Waals surface area contributed by atoms with Gasteiger partial charge < -0.3 is 52.8 Å². The standard InChI is InChI=1S/C35H35N3O13/c1-43-25-8-18(9-26(44-2)33(25)51-35(42)46-14-17-6-4-3-5-7-17)29-19-10-23-24(48-16-47-23)11-20(19)32(21-15-45-34(41)30(21)29)50-28-12-22(37-38-36)31(40)27(13-39)49-28/h3-11,21-22,27-32,39-40H,12-16H2,1-2H3/t21-,22+,27+,28+,29+,30-,31-,32+/m0/s1. The highest BCUT2D eigenvalue weighted by Crippen LogP contribution is 2.57. The van der Waals surface area contributed by atoms with E-state index >= 15 is 0 Å². The first kappa shape index (κ1) is 34.2. The molecule has 16 heteroatoms. The zero-order chi connectivity index (χ0) is 35.6. The number of carbonyl (C=O) groups is 2. The van der Waals surface area contributed by atoms with Gasteiger partial charge in [0, 0.05) is 23.2 Å². The predicted octanol–water partition coefficient (Wildman–Crippen LogP) is 4.29. The van der Waals surface area contributed by atoms with E-state index in [-0.39, 0.29) is 43.7 Å². The van der Waals surface area contributed by atoms with E-state index in [1.807, 2.05) is 30.3 Å². The van der Waals surface area contributed by atoms with Crippen LogP contribution in [0.1, 0.15) is 40.7 Å². The van der Waals surface area contributed by atoms with Crippen LogP contribution in [-0.4, -0.2) is 81.1 Å². The predicted molar refractivity (Wildman–Crippen MR) is 172 cm³/mol. The zero-order valence-corrected chi connectivity index (χ0v) is 27.6. The monoisotopic (exact) mass is 705 g/mol. The van der Waals surface area contributed by atoms with Gasteiger partial charge in [-0.05, 0) is 52.1 Å². The summed E-state index contributed by atoms with van der Waals surface area (Å²) in [6, 6.07) is 15.1. The van der Waals surface area contributed by atoms with Crippen molar-refractivity contribution in [3.63, 3.8) is 0 Å². The quantitative estimate of drug-likeness (QED) is 0.0994. The van der Waals surface area contributed by atoms with Crippen molar-refractivity contribution in [3.8, 4) is 28.7 Å². The lowest BCUT2D eigenvalue weighted by Crippen LogP contribution is -2.50. The third kappa shape index (κ3) is 6.55. The average molecular weight is 706 g/mol. The first-order valence-corrected chi connectivity index (χ1v) is 16.2. The van der Waals surface area contributed by atoms with Crippen LogP contribution in [-0.2, 0) is 30.3 Å². The summed E-state index contributed by atoms with van der Waals surface area (Å²) in [5.74, 6) is -1.22. The molecule has 3 heterocycles. The minimum absolute atomic E-state index is 0.00261. The molecule has 3 aromatic carbocycles. The summed E-state index contributed by atoms with van der Waals surface area (Å²) in [6.07, 6.45) is -5.09. The Kier molecular flexibility index (Phi) is 9.75. The van der Waals surface area contributed by atoms with Crippen molar-refractivity contribution in [2.45, 2.75) is 49.6 Å². The fraction of sp³-hybridized carbons (Fsp3) is 0.429. The van der Waals surface area contributed by atoms with Crippen molar-refractivity contribution in [3.05, 3.63) is 87.3 Å². The van der Waals surface area contributed by atoms with E-state index in [4.69, 9.17) is 48.2 Å². The summed E-state index contributed by atoms with van der Waals surface area (Å²) in [4.78, 5) is 29.2. The van der Waals surface area contributed by atoms with Crippen molar-refractivity contribution in [1.29, 1.82) is 0 Å². The van der Waals surface area contributed by atoms with Crippen LogP contribution in [0.5, 0.6) is 28.7 Å². The Balaban J connectivity index is 1.25. The molecule has 0 aromatic heterocycles. The Morgan fingerprint density at radius 2 is 1.73 bits per heavy atom. The maximum atomic E-state index is 13.6. The maximum absolute atomic E-state index is 13.6. The fourth-order valence-corrected chi connectivity index (χ4v) is 7.20. The molecule has 3 aliphatic heterocycles.